The molecule has 40 heavy (non-hydrogen) atoms. The van der Waals surface area contributed by atoms with Gasteiger partial charge >= 0.3 is 0 Å². The summed E-state index contributed by atoms with van der Waals surface area (Å²) in [6, 6.07) is 39.7. The smallest absolute Gasteiger partial charge is 0.0551 e. The Morgan fingerprint density at radius 1 is 0.625 bits per heavy atom. The van der Waals surface area contributed by atoms with Gasteiger partial charge in [0.15, 0.2) is 0 Å². The number of benzene rings is 5. The summed E-state index contributed by atoms with van der Waals surface area (Å²) in [7, 11) is 0. The molecule has 5 aromatic rings. The molecule has 0 saturated heterocycles. The molecule has 1 heteroatoms. The van der Waals surface area contributed by atoms with Crippen LogP contribution in [0.15, 0.2) is 146 Å². The molecule has 194 valence electrons. The van der Waals surface area contributed by atoms with Crippen molar-refractivity contribution in [2.24, 2.45) is 5.92 Å². The zero-order valence-electron chi connectivity index (χ0n) is 22.8. The summed E-state index contributed by atoms with van der Waals surface area (Å²) >= 11 is 0. The molecule has 2 aliphatic rings. The standard InChI is InChI=1S/C39H33N/c1-27-18-20-28(21-19-27)29-11-9-12-30(24-29)31-22-23-39(40-33-13-3-2-4-14-33)38(25-31)37-26-32-10-5-6-15-34(32)35-16-7-8-17-36(35)37/h2-18,20-27,38-40H,19H2,1H3. The lowest BCUT2D eigenvalue weighted by molar-refractivity contribution is 0.739. The molecule has 0 saturated carbocycles. The first kappa shape index (κ1) is 24.4. The van der Waals surface area contributed by atoms with Gasteiger partial charge in [-0.25, -0.2) is 0 Å². The van der Waals surface area contributed by atoms with Crippen LogP contribution in [-0.2, 0) is 0 Å². The van der Waals surface area contributed by atoms with E-state index >= 15 is 0 Å². The zero-order valence-corrected chi connectivity index (χ0v) is 22.8. The van der Waals surface area contributed by atoms with Gasteiger partial charge in [-0.05, 0) is 86.0 Å². The lowest BCUT2D eigenvalue weighted by Gasteiger charge is -2.30. The highest BCUT2D eigenvalue weighted by Crippen LogP contribution is 2.40. The molecule has 0 spiro atoms. The van der Waals surface area contributed by atoms with Crippen molar-refractivity contribution >= 4 is 38.4 Å². The molecule has 3 unspecified atom stereocenters. The number of hydrogen-bond donors (Lipinski definition) is 1. The van der Waals surface area contributed by atoms with Gasteiger partial charge in [-0.1, -0.05) is 128 Å². The molecule has 0 aliphatic heterocycles. The third-order valence-corrected chi connectivity index (χ3v) is 8.34. The van der Waals surface area contributed by atoms with Crippen molar-refractivity contribution in [2.45, 2.75) is 25.3 Å². The fourth-order valence-corrected chi connectivity index (χ4v) is 6.20. The monoisotopic (exact) mass is 515 g/mol. The first-order valence-electron chi connectivity index (χ1n) is 14.3. The summed E-state index contributed by atoms with van der Waals surface area (Å²) in [6.07, 6.45) is 15.2. The summed E-state index contributed by atoms with van der Waals surface area (Å²) in [5, 5.41) is 9.05. The van der Waals surface area contributed by atoms with E-state index in [2.05, 4.69) is 158 Å². The molecule has 0 aromatic heterocycles. The van der Waals surface area contributed by atoms with Gasteiger partial charge in [0.25, 0.3) is 0 Å². The van der Waals surface area contributed by atoms with Crippen LogP contribution < -0.4 is 5.32 Å². The van der Waals surface area contributed by atoms with E-state index in [-0.39, 0.29) is 12.0 Å². The second-order valence-electron chi connectivity index (χ2n) is 11.1. The summed E-state index contributed by atoms with van der Waals surface area (Å²) in [5.41, 5.74) is 7.62. The highest BCUT2D eigenvalue weighted by molar-refractivity contribution is 6.09. The fraction of sp³-hybridized carbons (Fsp3) is 0.128. The van der Waals surface area contributed by atoms with E-state index in [1.165, 1.54) is 49.4 Å². The predicted molar refractivity (Wildman–Crippen MR) is 173 cm³/mol. The van der Waals surface area contributed by atoms with Crippen molar-refractivity contribution in [3.63, 3.8) is 0 Å². The number of allylic oxidation sites excluding steroid dienone is 6. The number of fused-ring (bicyclic) bond motifs is 3. The van der Waals surface area contributed by atoms with Gasteiger partial charge in [0, 0.05) is 11.6 Å². The molecule has 0 radical (unpaired) electrons. The Hall–Kier alpha value is -4.62. The maximum Gasteiger partial charge on any atom is 0.0551 e. The topological polar surface area (TPSA) is 12.0 Å². The Morgan fingerprint density at radius 2 is 1.32 bits per heavy atom. The molecule has 1 nitrogen and oxygen atoms in total. The molecule has 0 bridgehead atoms. The highest BCUT2D eigenvalue weighted by Gasteiger charge is 2.26. The van der Waals surface area contributed by atoms with Crippen LogP contribution in [0.2, 0.25) is 0 Å². The summed E-state index contributed by atoms with van der Waals surface area (Å²) in [5.74, 6) is 0.774. The molecule has 0 amide bonds. The van der Waals surface area contributed by atoms with Crippen LogP contribution in [0.1, 0.15) is 36.0 Å². The molecule has 0 fully saturated rings. The fourth-order valence-electron chi connectivity index (χ4n) is 6.20. The van der Waals surface area contributed by atoms with E-state index in [1.54, 1.807) is 0 Å². The summed E-state index contributed by atoms with van der Waals surface area (Å²) in [4.78, 5) is 0. The van der Waals surface area contributed by atoms with Crippen LogP contribution in [0.3, 0.4) is 0 Å². The molecule has 5 aromatic carbocycles. The van der Waals surface area contributed by atoms with Gasteiger partial charge in [-0.3, -0.25) is 0 Å². The normalized spacial score (nSPS) is 20.4. The van der Waals surface area contributed by atoms with Crippen molar-refractivity contribution in [3.8, 4) is 0 Å². The zero-order chi connectivity index (χ0) is 26.9. The van der Waals surface area contributed by atoms with Gasteiger partial charge in [-0.15, -0.1) is 0 Å². The number of hydrogen-bond acceptors (Lipinski definition) is 1. The van der Waals surface area contributed by atoms with Crippen LogP contribution in [0.5, 0.6) is 0 Å². The largest absolute Gasteiger partial charge is 0.378 e. The average Bonchev–Trinajstić information content (AvgIpc) is 3.02. The predicted octanol–water partition coefficient (Wildman–Crippen LogP) is 10.2. The molecule has 1 N–H and O–H groups in total. The van der Waals surface area contributed by atoms with E-state index in [0.29, 0.717) is 5.92 Å². The molecule has 3 atom stereocenters. The van der Waals surface area contributed by atoms with Crippen molar-refractivity contribution < 1.29 is 0 Å². The molecular weight excluding hydrogens is 482 g/mol. The third-order valence-electron chi connectivity index (χ3n) is 8.34. The second-order valence-corrected chi connectivity index (χ2v) is 11.1. The van der Waals surface area contributed by atoms with Gasteiger partial charge in [0.1, 0.15) is 0 Å². The van der Waals surface area contributed by atoms with E-state index in [9.17, 15) is 0 Å². The molecule has 0 heterocycles. The Kier molecular flexibility index (Phi) is 6.42. The van der Waals surface area contributed by atoms with Crippen LogP contribution >= 0.6 is 0 Å². The minimum Gasteiger partial charge on any atom is -0.378 e. The Bertz CT molecular complexity index is 1820. The quantitative estimate of drug-likeness (QED) is 0.230. The van der Waals surface area contributed by atoms with Crippen LogP contribution in [-0.4, -0.2) is 6.04 Å². The van der Waals surface area contributed by atoms with E-state index in [4.69, 9.17) is 0 Å². The van der Waals surface area contributed by atoms with E-state index < -0.39 is 0 Å². The van der Waals surface area contributed by atoms with Gasteiger partial charge in [0.05, 0.1) is 6.04 Å². The van der Waals surface area contributed by atoms with Gasteiger partial charge in [0.2, 0.25) is 0 Å². The van der Waals surface area contributed by atoms with Crippen molar-refractivity contribution in [1.82, 2.24) is 0 Å². The SMILES string of the molecule is CC1C=CC(c2cccc(C3=CC(c4cc5ccccc5c5ccccc45)C(Nc4ccccc4)C=C3)c2)=CC1. The number of nitrogens with one attached hydrogen (secondary N) is 1. The number of anilines is 1. The lowest BCUT2D eigenvalue weighted by atomic mass is 9.80. The summed E-state index contributed by atoms with van der Waals surface area (Å²) < 4.78 is 0. The van der Waals surface area contributed by atoms with Crippen LogP contribution in [0.4, 0.5) is 5.69 Å². The highest BCUT2D eigenvalue weighted by atomic mass is 14.9. The first-order valence-corrected chi connectivity index (χ1v) is 14.3. The Balaban J connectivity index is 1.35. The Morgan fingerprint density at radius 3 is 2.12 bits per heavy atom. The third kappa shape index (κ3) is 4.69. The Labute approximate surface area is 236 Å². The average molecular weight is 516 g/mol. The van der Waals surface area contributed by atoms with Crippen LogP contribution in [0.25, 0.3) is 32.7 Å². The second kappa shape index (κ2) is 10.5. The van der Waals surface area contributed by atoms with Crippen molar-refractivity contribution in [1.29, 1.82) is 0 Å². The lowest BCUT2D eigenvalue weighted by Crippen LogP contribution is -2.26. The van der Waals surface area contributed by atoms with Gasteiger partial charge < -0.3 is 5.32 Å². The van der Waals surface area contributed by atoms with E-state index in [1.807, 2.05) is 0 Å². The maximum absolute atomic E-state index is 3.83. The van der Waals surface area contributed by atoms with Gasteiger partial charge in [-0.2, -0.15) is 0 Å². The number of rotatable bonds is 5. The number of para-hydroxylation sites is 1. The summed E-state index contributed by atoms with van der Waals surface area (Å²) in [6.45, 7) is 2.27. The maximum atomic E-state index is 3.83. The molecule has 7 rings (SSSR count). The van der Waals surface area contributed by atoms with Crippen molar-refractivity contribution in [2.75, 3.05) is 5.32 Å². The first-order chi connectivity index (χ1) is 19.7. The minimum absolute atomic E-state index is 0.129. The van der Waals surface area contributed by atoms with Crippen LogP contribution in [0, 0.1) is 5.92 Å². The molecule has 2 aliphatic carbocycles. The minimum atomic E-state index is 0.129. The van der Waals surface area contributed by atoms with E-state index in [0.717, 1.165) is 12.1 Å². The van der Waals surface area contributed by atoms with Crippen molar-refractivity contribution in [3.05, 3.63) is 162 Å². The molecular formula is C39H33N.